The second-order valence-corrected chi connectivity index (χ2v) is 6.05. The van der Waals surface area contributed by atoms with Crippen LogP contribution >= 0.6 is 0 Å². The van der Waals surface area contributed by atoms with Crippen molar-refractivity contribution >= 4 is 6.08 Å². The zero-order valence-corrected chi connectivity index (χ0v) is 15.1. The van der Waals surface area contributed by atoms with Crippen molar-refractivity contribution < 1.29 is 25.8 Å². The maximum atomic E-state index is 2.51. The Bertz CT molecular complexity index is 457. The third-order valence-electron chi connectivity index (χ3n) is 4.18. The fourth-order valence-electron chi connectivity index (χ4n) is 3.33. The van der Waals surface area contributed by atoms with Gasteiger partial charge in [-0.25, -0.2) is 0 Å². The van der Waals surface area contributed by atoms with Crippen molar-refractivity contribution in [2.45, 2.75) is 51.9 Å². The van der Waals surface area contributed by atoms with Gasteiger partial charge in [0.2, 0.25) is 0 Å². The van der Waals surface area contributed by atoms with E-state index in [-0.39, 0.29) is 25.8 Å². The van der Waals surface area contributed by atoms with E-state index < -0.39 is 0 Å². The Labute approximate surface area is 130 Å². The molecule has 0 fully saturated rings. The maximum absolute atomic E-state index is 2.51. The molecule has 94 valence electrons. The zero-order chi connectivity index (χ0) is 11.8. The van der Waals surface area contributed by atoms with Gasteiger partial charge in [-0.3, -0.25) is 0 Å². The molecule has 1 unspecified atom stereocenters. The molecule has 0 spiro atoms. The molecule has 0 radical (unpaired) electrons. The summed E-state index contributed by atoms with van der Waals surface area (Å²) in [4.78, 5) is 0. The molecule has 0 bridgehead atoms. The minimum absolute atomic E-state index is 0. The molecular weight excluding hydrogens is 383 g/mol. The molecule has 0 nitrogen and oxygen atoms in total. The minimum Gasteiger partial charge on any atom is -0.0764 e. The third kappa shape index (κ3) is 2.71. The normalized spacial score (nSPS) is 20.5. The van der Waals surface area contributed by atoms with E-state index in [2.05, 4.69) is 38.1 Å². The molecule has 0 heterocycles. The summed E-state index contributed by atoms with van der Waals surface area (Å²) in [5.74, 6) is 1.46. The van der Waals surface area contributed by atoms with Gasteiger partial charge >= 0.3 is 0 Å². The molecule has 1 heteroatoms. The van der Waals surface area contributed by atoms with Gasteiger partial charge < -0.3 is 0 Å². The number of aryl methyl sites for hydroxylation is 2. The molecule has 1 aromatic rings. The summed E-state index contributed by atoms with van der Waals surface area (Å²) in [6, 6.07) is 4.97. The molecule has 0 saturated heterocycles. The largest absolute Gasteiger partial charge is 0.0764 e. The molecule has 2 aliphatic carbocycles. The standard InChI is InChI=1S/C17H22.Hf/c1-12(2)9-15-7-8-16-10-13-5-3-4-6-14(13)11-17(15)16;/h7-8,10-12,15H,3-6,9H2,1-2H3;. The quantitative estimate of drug-likeness (QED) is 0.626. The zero-order valence-electron chi connectivity index (χ0n) is 11.5. The number of fused-ring (bicyclic) bond motifs is 2. The van der Waals surface area contributed by atoms with Gasteiger partial charge in [-0.1, -0.05) is 38.1 Å². The van der Waals surface area contributed by atoms with E-state index in [4.69, 9.17) is 0 Å². The van der Waals surface area contributed by atoms with Crippen molar-refractivity contribution in [2.75, 3.05) is 0 Å². The van der Waals surface area contributed by atoms with Crippen molar-refractivity contribution in [3.8, 4) is 0 Å². The molecular formula is C17H22Hf. The first-order chi connectivity index (χ1) is 8.24. The summed E-state index contributed by atoms with van der Waals surface area (Å²) in [5, 5.41) is 0. The summed E-state index contributed by atoms with van der Waals surface area (Å²) in [5.41, 5.74) is 6.34. The van der Waals surface area contributed by atoms with E-state index in [1.54, 1.807) is 16.7 Å². The molecule has 0 amide bonds. The van der Waals surface area contributed by atoms with Crippen LogP contribution in [-0.2, 0) is 38.7 Å². The second kappa shape index (κ2) is 5.86. The summed E-state index contributed by atoms with van der Waals surface area (Å²) in [6.07, 6.45) is 11.4. The third-order valence-corrected chi connectivity index (χ3v) is 4.18. The van der Waals surface area contributed by atoms with Crippen molar-refractivity contribution in [2.24, 2.45) is 5.92 Å². The average molecular weight is 405 g/mol. The van der Waals surface area contributed by atoms with Gasteiger partial charge in [-0.05, 0) is 60.3 Å². The molecule has 18 heavy (non-hydrogen) atoms. The topological polar surface area (TPSA) is 0 Å². The fraction of sp³-hybridized carbons (Fsp3) is 0.529. The van der Waals surface area contributed by atoms with Gasteiger partial charge in [0.15, 0.2) is 0 Å². The van der Waals surface area contributed by atoms with Crippen molar-refractivity contribution in [3.63, 3.8) is 0 Å². The Morgan fingerprint density at radius 2 is 1.78 bits per heavy atom. The Balaban J connectivity index is 0.00000120. The van der Waals surface area contributed by atoms with Crippen LogP contribution in [0.2, 0.25) is 0 Å². The van der Waals surface area contributed by atoms with Crippen molar-refractivity contribution in [3.05, 3.63) is 40.5 Å². The predicted molar refractivity (Wildman–Crippen MR) is 74.3 cm³/mol. The van der Waals surface area contributed by atoms with Crippen LogP contribution < -0.4 is 0 Å². The molecule has 0 aliphatic heterocycles. The monoisotopic (exact) mass is 406 g/mol. The number of hydrogen-bond acceptors (Lipinski definition) is 0. The average Bonchev–Trinajstić information content (AvgIpc) is 2.68. The number of rotatable bonds is 2. The van der Waals surface area contributed by atoms with Gasteiger partial charge in [-0.2, -0.15) is 0 Å². The SMILES string of the molecule is CC(C)CC1C=Cc2cc3c(cc21)CCCC3.[Hf]. The molecule has 1 aromatic carbocycles. The van der Waals surface area contributed by atoms with Crippen LogP contribution in [-0.4, -0.2) is 0 Å². The predicted octanol–water partition coefficient (Wildman–Crippen LogP) is 4.72. The molecule has 0 aromatic heterocycles. The summed E-state index contributed by atoms with van der Waals surface area (Å²) in [7, 11) is 0. The Kier molecular flexibility index (Phi) is 4.64. The van der Waals surface area contributed by atoms with Crippen LogP contribution in [0.15, 0.2) is 18.2 Å². The number of benzene rings is 1. The van der Waals surface area contributed by atoms with E-state index in [0.29, 0.717) is 5.92 Å². The first-order valence-electron chi connectivity index (χ1n) is 7.08. The van der Waals surface area contributed by atoms with E-state index >= 15 is 0 Å². The Morgan fingerprint density at radius 1 is 1.11 bits per heavy atom. The van der Waals surface area contributed by atoms with Crippen LogP contribution in [0.1, 0.15) is 61.3 Å². The van der Waals surface area contributed by atoms with E-state index in [0.717, 1.165) is 5.92 Å². The fourth-order valence-corrected chi connectivity index (χ4v) is 3.33. The van der Waals surface area contributed by atoms with Gasteiger partial charge in [0, 0.05) is 31.8 Å². The van der Waals surface area contributed by atoms with Crippen LogP contribution in [0.4, 0.5) is 0 Å². The van der Waals surface area contributed by atoms with Crippen molar-refractivity contribution in [1.82, 2.24) is 0 Å². The number of hydrogen-bond donors (Lipinski definition) is 0. The number of allylic oxidation sites excluding steroid dienone is 1. The Hall–Kier alpha value is -0.170. The van der Waals surface area contributed by atoms with E-state index in [9.17, 15) is 0 Å². The van der Waals surface area contributed by atoms with E-state index in [1.807, 2.05) is 0 Å². The first kappa shape index (κ1) is 14.2. The smallest absolute Gasteiger partial charge is 0.00297 e. The van der Waals surface area contributed by atoms with Gasteiger partial charge in [-0.15, -0.1) is 0 Å². The molecule has 0 saturated carbocycles. The summed E-state index contributed by atoms with van der Waals surface area (Å²) in [6.45, 7) is 4.65. The summed E-state index contributed by atoms with van der Waals surface area (Å²) < 4.78 is 0. The molecule has 3 rings (SSSR count). The Morgan fingerprint density at radius 3 is 2.44 bits per heavy atom. The van der Waals surface area contributed by atoms with Gasteiger partial charge in [0.1, 0.15) is 0 Å². The van der Waals surface area contributed by atoms with Crippen LogP contribution in [0.25, 0.3) is 6.08 Å². The van der Waals surface area contributed by atoms with Gasteiger partial charge in [0.05, 0.1) is 0 Å². The van der Waals surface area contributed by atoms with Crippen LogP contribution in [0.3, 0.4) is 0 Å². The van der Waals surface area contributed by atoms with E-state index in [1.165, 1.54) is 37.7 Å². The van der Waals surface area contributed by atoms with Crippen LogP contribution in [0.5, 0.6) is 0 Å². The van der Waals surface area contributed by atoms with Gasteiger partial charge in [0.25, 0.3) is 0 Å². The second-order valence-electron chi connectivity index (χ2n) is 6.05. The molecule has 2 aliphatic rings. The first-order valence-corrected chi connectivity index (χ1v) is 7.08. The maximum Gasteiger partial charge on any atom is 0.00297 e. The summed E-state index contributed by atoms with van der Waals surface area (Å²) >= 11 is 0. The minimum atomic E-state index is 0. The molecule has 1 atom stereocenters. The molecule has 0 N–H and O–H groups in total. The van der Waals surface area contributed by atoms with Crippen molar-refractivity contribution in [1.29, 1.82) is 0 Å². The van der Waals surface area contributed by atoms with Crippen LogP contribution in [0, 0.1) is 5.92 Å².